The molecule has 1 aromatic heterocycles. The van der Waals surface area contributed by atoms with E-state index in [4.69, 9.17) is 4.42 Å². The summed E-state index contributed by atoms with van der Waals surface area (Å²) in [6.45, 7) is 0.608. The van der Waals surface area contributed by atoms with E-state index < -0.39 is 23.8 Å². The molecule has 5 aromatic rings. The zero-order valence-electron chi connectivity index (χ0n) is 29.0. The van der Waals surface area contributed by atoms with E-state index in [-0.39, 0.29) is 30.7 Å². The van der Waals surface area contributed by atoms with E-state index in [1.54, 1.807) is 24.3 Å². The van der Waals surface area contributed by atoms with Crippen molar-refractivity contribution < 1.29 is 33.8 Å². The summed E-state index contributed by atoms with van der Waals surface area (Å²) in [7, 11) is 0. The maximum Gasteiger partial charge on any atom is 0.408 e. The molecule has 11 heteroatoms. The SMILES string of the molecule is O=C(Nc1ccc(-c2ccc(-c3ccc(NC(=O)[C@]4(Cc5ccccc5)C(Cc5ccccc5)CCN4C(=O)O)cc3)o2)cc1)[C@@H]1CCCN1C(=O)O. The number of hydrogen-bond donors (Lipinski definition) is 4. The lowest BCUT2D eigenvalue weighted by Crippen LogP contribution is -2.60. The Balaban J connectivity index is 1.06. The van der Waals surface area contributed by atoms with Crippen molar-refractivity contribution in [3.8, 4) is 22.6 Å². The molecule has 0 saturated carbocycles. The predicted octanol–water partition coefficient (Wildman–Crippen LogP) is 7.86. The summed E-state index contributed by atoms with van der Waals surface area (Å²) in [5.41, 5.74) is 3.27. The van der Waals surface area contributed by atoms with Crippen molar-refractivity contribution in [1.29, 1.82) is 0 Å². The predicted molar refractivity (Wildman–Crippen MR) is 200 cm³/mol. The van der Waals surface area contributed by atoms with Crippen molar-refractivity contribution in [2.24, 2.45) is 5.92 Å². The number of amides is 4. The first-order valence-corrected chi connectivity index (χ1v) is 17.7. The third-order valence-electron chi connectivity index (χ3n) is 10.4. The molecule has 7 rings (SSSR count). The van der Waals surface area contributed by atoms with Gasteiger partial charge in [-0.05, 0) is 103 Å². The Morgan fingerprint density at radius 3 is 1.79 bits per heavy atom. The lowest BCUT2D eigenvalue weighted by Gasteiger charge is -2.40. The van der Waals surface area contributed by atoms with Crippen molar-refractivity contribution in [3.63, 3.8) is 0 Å². The smallest absolute Gasteiger partial charge is 0.408 e. The number of likely N-dealkylation sites (tertiary alicyclic amines) is 2. The molecule has 2 saturated heterocycles. The molecule has 2 aliphatic rings. The zero-order chi connectivity index (χ0) is 37.0. The summed E-state index contributed by atoms with van der Waals surface area (Å²) in [4.78, 5) is 53.8. The van der Waals surface area contributed by atoms with Gasteiger partial charge in [0.2, 0.25) is 5.91 Å². The summed E-state index contributed by atoms with van der Waals surface area (Å²) in [6, 6.07) is 36.8. The Morgan fingerprint density at radius 1 is 0.660 bits per heavy atom. The second-order valence-electron chi connectivity index (χ2n) is 13.6. The average Bonchev–Trinajstić information content (AvgIpc) is 3.94. The van der Waals surface area contributed by atoms with Crippen LogP contribution in [0.1, 0.15) is 30.4 Å². The number of benzene rings is 4. The monoisotopic (exact) mass is 712 g/mol. The highest BCUT2D eigenvalue weighted by molar-refractivity contribution is 6.01. The van der Waals surface area contributed by atoms with Gasteiger partial charge in [0.25, 0.3) is 5.91 Å². The molecule has 0 aliphatic carbocycles. The van der Waals surface area contributed by atoms with Gasteiger partial charge >= 0.3 is 12.2 Å². The van der Waals surface area contributed by atoms with Crippen LogP contribution >= 0.6 is 0 Å². The number of carboxylic acid groups (broad SMARTS) is 2. The van der Waals surface area contributed by atoms with E-state index in [1.165, 1.54) is 9.80 Å². The van der Waals surface area contributed by atoms with Crippen LogP contribution in [0.3, 0.4) is 0 Å². The summed E-state index contributed by atoms with van der Waals surface area (Å²) >= 11 is 0. The molecule has 4 amide bonds. The summed E-state index contributed by atoms with van der Waals surface area (Å²) in [5.74, 6) is 0.268. The van der Waals surface area contributed by atoms with Crippen molar-refractivity contribution in [2.75, 3.05) is 23.7 Å². The quantitative estimate of drug-likeness (QED) is 0.115. The van der Waals surface area contributed by atoms with Gasteiger partial charge in [0, 0.05) is 42.0 Å². The number of rotatable bonds is 10. The van der Waals surface area contributed by atoms with Gasteiger partial charge < -0.3 is 25.3 Å². The second-order valence-corrected chi connectivity index (χ2v) is 13.6. The Bertz CT molecular complexity index is 2080. The first-order valence-electron chi connectivity index (χ1n) is 17.7. The van der Waals surface area contributed by atoms with Gasteiger partial charge in [-0.15, -0.1) is 0 Å². The van der Waals surface area contributed by atoms with Crippen LogP contribution in [0.15, 0.2) is 126 Å². The molecule has 11 nitrogen and oxygen atoms in total. The van der Waals surface area contributed by atoms with Gasteiger partial charge in [0.05, 0.1) is 0 Å². The number of hydrogen-bond acceptors (Lipinski definition) is 5. The van der Waals surface area contributed by atoms with Crippen molar-refractivity contribution in [3.05, 3.63) is 132 Å². The van der Waals surface area contributed by atoms with E-state index in [0.717, 1.165) is 22.3 Å². The number of furan rings is 1. The number of anilines is 2. The maximum absolute atomic E-state index is 14.5. The molecule has 1 unspecified atom stereocenters. The van der Waals surface area contributed by atoms with Crippen LogP contribution in [-0.2, 0) is 22.4 Å². The first kappa shape index (κ1) is 35.1. The van der Waals surface area contributed by atoms with Gasteiger partial charge in [-0.25, -0.2) is 9.59 Å². The molecule has 4 aromatic carbocycles. The minimum Gasteiger partial charge on any atom is -0.465 e. The van der Waals surface area contributed by atoms with Crippen LogP contribution in [0.5, 0.6) is 0 Å². The molecule has 0 bridgehead atoms. The minimum atomic E-state index is -1.33. The van der Waals surface area contributed by atoms with E-state index in [9.17, 15) is 29.4 Å². The van der Waals surface area contributed by atoms with E-state index in [1.807, 2.05) is 97.1 Å². The number of nitrogens with zero attached hydrogens (tertiary/aromatic N) is 2. The van der Waals surface area contributed by atoms with Crippen LogP contribution in [0, 0.1) is 5.92 Å². The van der Waals surface area contributed by atoms with Crippen LogP contribution < -0.4 is 10.6 Å². The molecule has 0 radical (unpaired) electrons. The molecule has 3 heterocycles. The summed E-state index contributed by atoms with van der Waals surface area (Å²) < 4.78 is 6.18. The van der Waals surface area contributed by atoms with Crippen LogP contribution in [0.2, 0.25) is 0 Å². The maximum atomic E-state index is 14.5. The molecular weight excluding hydrogens is 672 g/mol. The molecule has 53 heavy (non-hydrogen) atoms. The Labute approximate surface area is 306 Å². The molecular formula is C42H40N4O7. The highest BCUT2D eigenvalue weighted by Gasteiger charge is 2.56. The second kappa shape index (κ2) is 15.1. The molecule has 0 spiro atoms. The van der Waals surface area contributed by atoms with Gasteiger partial charge in [-0.1, -0.05) is 60.7 Å². The number of nitrogens with one attached hydrogen (secondary N) is 2. The fourth-order valence-electron chi connectivity index (χ4n) is 7.73. The third-order valence-corrected chi connectivity index (χ3v) is 10.4. The topological polar surface area (TPSA) is 152 Å². The highest BCUT2D eigenvalue weighted by atomic mass is 16.4. The van der Waals surface area contributed by atoms with Crippen molar-refractivity contribution in [2.45, 2.75) is 43.7 Å². The number of carbonyl (C=O) groups excluding carboxylic acids is 2. The lowest BCUT2D eigenvalue weighted by molar-refractivity contribution is -0.127. The normalized spacial score (nSPS) is 19.5. The Kier molecular flexibility index (Phi) is 9.98. The molecule has 3 atom stereocenters. The minimum absolute atomic E-state index is 0.244. The molecule has 2 fully saturated rings. The van der Waals surface area contributed by atoms with E-state index in [2.05, 4.69) is 10.6 Å². The van der Waals surface area contributed by atoms with E-state index >= 15 is 0 Å². The van der Waals surface area contributed by atoms with Crippen LogP contribution in [0.25, 0.3) is 22.6 Å². The van der Waals surface area contributed by atoms with Gasteiger partial charge in [0.15, 0.2) is 0 Å². The fraction of sp³-hybridized carbons (Fsp3) is 0.238. The standard InChI is InChI=1S/C42H40N4O7/c47-38(35-12-7-24-45(35)40(49)50)43-33-17-13-30(14-18-33)36-21-22-37(53-36)31-15-19-34(20-16-31)44-39(48)42(27-29-10-5-2-6-11-29)32(23-25-46(42)41(51)52)26-28-8-3-1-4-9-28/h1-6,8-11,13-22,32,35H,7,12,23-27H2,(H,43,47)(H,44,48)(H,49,50)(H,51,52)/t32?,35-,42-/m0/s1. The molecule has 2 aliphatic heterocycles. The molecule has 4 N–H and O–H groups in total. The van der Waals surface area contributed by atoms with Gasteiger partial charge in [-0.2, -0.15) is 0 Å². The van der Waals surface area contributed by atoms with Crippen LogP contribution in [0.4, 0.5) is 21.0 Å². The Morgan fingerprint density at radius 2 is 1.23 bits per heavy atom. The van der Waals surface area contributed by atoms with Gasteiger partial charge in [-0.3, -0.25) is 19.4 Å². The average molecular weight is 713 g/mol. The van der Waals surface area contributed by atoms with Crippen molar-refractivity contribution in [1.82, 2.24) is 9.80 Å². The van der Waals surface area contributed by atoms with Gasteiger partial charge in [0.1, 0.15) is 23.1 Å². The zero-order valence-corrected chi connectivity index (χ0v) is 29.0. The van der Waals surface area contributed by atoms with Crippen molar-refractivity contribution >= 4 is 35.4 Å². The summed E-state index contributed by atoms with van der Waals surface area (Å²) in [6.07, 6.45) is 0.296. The number of carbonyl (C=O) groups is 4. The highest BCUT2D eigenvalue weighted by Crippen LogP contribution is 2.41. The fourth-order valence-corrected chi connectivity index (χ4v) is 7.73. The lowest BCUT2D eigenvalue weighted by atomic mass is 9.75. The Hall–Kier alpha value is -6.36. The van der Waals surface area contributed by atoms with E-state index in [0.29, 0.717) is 55.1 Å². The largest absolute Gasteiger partial charge is 0.465 e. The molecule has 270 valence electrons. The summed E-state index contributed by atoms with van der Waals surface area (Å²) in [5, 5.41) is 25.6. The first-order chi connectivity index (χ1) is 25.7. The third kappa shape index (κ3) is 7.36. The van der Waals surface area contributed by atoms with Crippen LogP contribution in [-0.4, -0.2) is 68.7 Å².